The molecule has 0 radical (unpaired) electrons. The van der Waals surface area contributed by atoms with E-state index in [-0.39, 0.29) is 0 Å². The lowest BCUT2D eigenvalue weighted by Crippen LogP contribution is -2.03. The van der Waals surface area contributed by atoms with Crippen molar-refractivity contribution in [3.8, 4) is 11.8 Å². The predicted molar refractivity (Wildman–Crippen MR) is 44.9 cm³/mol. The van der Waals surface area contributed by atoms with Crippen LogP contribution in [0.5, 0.6) is 0 Å². The van der Waals surface area contributed by atoms with E-state index in [0.29, 0.717) is 6.42 Å². The summed E-state index contributed by atoms with van der Waals surface area (Å²) >= 11 is 0. The number of aliphatic hydroxyl groups is 2. The van der Waals surface area contributed by atoms with Gasteiger partial charge in [-0.3, -0.25) is 0 Å². The Labute approximate surface area is 67.6 Å². The van der Waals surface area contributed by atoms with Crippen molar-refractivity contribution in [3.05, 3.63) is 12.7 Å². The monoisotopic (exact) mass is 154 g/mol. The third-order valence-electron chi connectivity index (χ3n) is 1.10. The van der Waals surface area contributed by atoms with Crippen molar-refractivity contribution >= 4 is 0 Å². The Kier molecular flexibility index (Phi) is 5.54. The van der Waals surface area contributed by atoms with E-state index in [9.17, 15) is 0 Å². The zero-order valence-electron chi connectivity index (χ0n) is 6.75. The van der Waals surface area contributed by atoms with Crippen molar-refractivity contribution in [2.75, 3.05) is 0 Å². The molecule has 0 rings (SSSR count). The topological polar surface area (TPSA) is 40.5 Å². The van der Waals surface area contributed by atoms with Crippen LogP contribution < -0.4 is 0 Å². The lowest BCUT2D eigenvalue weighted by Gasteiger charge is -1.98. The zero-order chi connectivity index (χ0) is 8.69. The highest BCUT2D eigenvalue weighted by atomic mass is 16.3. The summed E-state index contributed by atoms with van der Waals surface area (Å²) in [4.78, 5) is 0. The first-order chi connectivity index (χ1) is 5.16. The Morgan fingerprint density at radius 2 is 2.09 bits per heavy atom. The molecule has 0 spiro atoms. The van der Waals surface area contributed by atoms with Gasteiger partial charge < -0.3 is 10.2 Å². The van der Waals surface area contributed by atoms with Crippen LogP contribution in [0.4, 0.5) is 0 Å². The average molecular weight is 154 g/mol. The van der Waals surface area contributed by atoms with Crippen LogP contribution in [0.25, 0.3) is 0 Å². The van der Waals surface area contributed by atoms with Crippen LogP contribution in [0.1, 0.15) is 19.8 Å². The van der Waals surface area contributed by atoms with Crippen molar-refractivity contribution in [1.29, 1.82) is 0 Å². The van der Waals surface area contributed by atoms with E-state index in [1.54, 1.807) is 13.0 Å². The van der Waals surface area contributed by atoms with Gasteiger partial charge in [-0.05, 0) is 19.8 Å². The Morgan fingerprint density at radius 3 is 2.55 bits per heavy atom. The van der Waals surface area contributed by atoms with Crippen molar-refractivity contribution in [2.45, 2.75) is 32.0 Å². The van der Waals surface area contributed by atoms with Crippen LogP contribution in [0.2, 0.25) is 0 Å². The standard InChI is InChI=1S/C9H14O2/c1-3-4-5-9(11)7-6-8(2)10/h3,8-11H,1,4-5H2,2H3. The van der Waals surface area contributed by atoms with Gasteiger partial charge in [-0.1, -0.05) is 17.9 Å². The number of aliphatic hydroxyl groups excluding tert-OH is 2. The molecule has 2 unspecified atom stereocenters. The molecule has 0 fully saturated rings. The molecule has 0 aromatic heterocycles. The van der Waals surface area contributed by atoms with E-state index < -0.39 is 12.2 Å². The molecule has 0 heterocycles. The molecular formula is C9H14O2. The van der Waals surface area contributed by atoms with E-state index in [4.69, 9.17) is 10.2 Å². The Balaban J connectivity index is 3.60. The van der Waals surface area contributed by atoms with Crippen molar-refractivity contribution in [1.82, 2.24) is 0 Å². The molecule has 0 aliphatic carbocycles. The van der Waals surface area contributed by atoms with Crippen LogP contribution in [0.15, 0.2) is 12.7 Å². The molecule has 0 aromatic carbocycles. The van der Waals surface area contributed by atoms with Crippen LogP contribution >= 0.6 is 0 Å². The summed E-state index contributed by atoms with van der Waals surface area (Å²) in [5.41, 5.74) is 0. The van der Waals surface area contributed by atoms with Gasteiger partial charge in [0.15, 0.2) is 0 Å². The minimum Gasteiger partial charge on any atom is -0.381 e. The Morgan fingerprint density at radius 1 is 1.45 bits per heavy atom. The quantitative estimate of drug-likeness (QED) is 0.464. The first-order valence-corrected chi connectivity index (χ1v) is 3.65. The first kappa shape index (κ1) is 10.2. The van der Waals surface area contributed by atoms with Crippen LogP contribution in [0.3, 0.4) is 0 Å². The Bertz CT molecular complexity index is 162. The maximum atomic E-state index is 9.10. The minimum atomic E-state index is -0.659. The molecule has 0 aliphatic rings. The van der Waals surface area contributed by atoms with Crippen molar-refractivity contribution in [3.63, 3.8) is 0 Å². The van der Waals surface area contributed by atoms with E-state index in [1.807, 2.05) is 0 Å². The fraction of sp³-hybridized carbons (Fsp3) is 0.556. The van der Waals surface area contributed by atoms with Gasteiger partial charge in [0.25, 0.3) is 0 Å². The molecule has 2 N–H and O–H groups in total. The van der Waals surface area contributed by atoms with Gasteiger partial charge in [-0.2, -0.15) is 0 Å². The number of rotatable bonds is 3. The van der Waals surface area contributed by atoms with Crippen molar-refractivity contribution in [2.24, 2.45) is 0 Å². The highest BCUT2D eigenvalue weighted by molar-refractivity contribution is 5.07. The van der Waals surface area contributed by atoms with Gasteiger partial charge in [0.2, 0.25) is 0 Å². The Hall–Kier alpha value is -0.780. The van der Waals surface area contributed by atoms with Crippen molar-refractivity contribution < 1.29 is 10.2 Å². The van der Waals surface area contributed by atoms with Gasteiger partial charge in [0, 0.05) is 0 Å². The molecule has 2 atom stereocenters. The SMILES string of the molecule is C=CCCC(O)C#CC(C)O. The molecule has 0 aromatic rings. The van der Waals surface area contributed by atoms with E-state index >= 15 is 0 Å². The highest BCUT2D eigenvalue weighted by Crippen LogP contribution is 1.95. The molecule has 2 nitrogen and oxygen atoms in total. The lowest BCUT2D eigenvalue weighted by atomic mass is 10.2. The van der Waals surface area contributed by atoms with Gasteiger partial charge in [0.05, 0.1) is 0 Å². The van der Waals surface area contributed by atoms with E-state index in [0.717, 1.165) is 6.42 Å². The van der Waals surface area contributed by atoms with E-state index in [1.165, 1.54) is 0 Å². The fourth-order valence-electron chi connectivity index (χ4n) is 0.565. The molecule has 0 amide bonds. The van der Waals surface area contributed by atoms with Crippen LogP contribution in [-0.2, 0) is 0 Å². The average Bonchev–Trinajstić information content (AvgIpc) is 1.97. The predicted octanol–water partition coefficient (Wildman–Crippen LogP) is 0.698. The maximum Gasteiger partial charge on any atom is 0.115 e. The van der Waals surface area contributed by atoms with Crippen LogP contribution in [0, 0.1) is 11.8 Å². The second-order valence-corrected chi connectivity index (χ2v) is 2.35. The summed E-state index contributed by atoms with van der Waals surface area (Å²) < 4.78 is 0. The maximum absolute atomic E-state index is 9.10. The van der Waals surface area contributed by atoms with Gasteiger partial charge in [-0.15, -0.1) is 6.58 Å². The highest BCUT2D eigenvalue weighted by Gasteiger charge is 1.95. The molecule has 2 heteroatoms. The third-order valence-corrected chi connectivity index (χ3v) is 1.10. The van der Waals surface area contributed by atoms with Gasteiger partial charge >= 0.3 is 0 Å². The number of hydrogen-bond donors (Lipinski definition) is 2. The second-order valence-electron chi connectivity index (χ2n) is 2.35. The first-order valence-electron chi connectivity index (χ1n) is 3.65. The minimum absolute atomic E-state index is 0.587. The van der Waals surface area contributed by atoms with Gasteiger partial charge in [0.1, 0.15) is 12.2 Å². The normalized spacial score (nSPS) is 14.5. The summed E-state index contributed by atoms with van der Waals surface area (Å²) in [6.45, 7) is 5.08. The lowest BCUT2D eigenvalue weighted by molar-refractivity contribution is 0.220. The molecule has 0 saturated heterocycles. The number of allylic oxidation sites excluding steroid dienone is 1. The summed E-state index contributed by atoms with van der Waals surface area (Å²) in [5, 5.41) is 17.8. The molecular weight excluding hydrogens is 140 g/mol. The fourth-order valence-corrected chi connectivity index (χ4v) is 0.565. The summed E-state index contributed by atoms with van der Waals surface area (Å²) in [6, 6.07) is 0. The second kappa shape index (κ2) is 5.96. The molecule has 0 aliphatic heterocycles. The number of hydrogen-bond acceptors (Lipinski definition) is 2. The molecule has 0 saturated carbocycles. The third kappa shape index (κ3) is 7.11. The summed E-state index contributed by atoms with van der Waals surface area (Å²) in [7, 11) is 0. The zero-order valence-corrected chi connectivity index (χ0v) is 6.75. The van der Waals surface area contributed by atoms with Gasteiger partial charge in [-0.25, -0.2) is 0 Å². The molecule has 62 valence electrons. The smallest absolute Gasteiger partial charge is 0.115 e. The van der Waals surface area contributed by atoms with Crippen LogP contribution in [-0.4, -0.2) is 22.4 Å². The molecule has 0 bridgehead atoms. The largest absolute Gasteiger partial charge is 0.381 e. The summed E-state index contributed by atoms with van der Waals surface area (Å²) in [5.74, 6) is 5.00. The van der Waals surface area contributed by atoms with E-state index in [2.05, 4.69) is 18.4 Å². The molecule has 11 heavy (non-hydrogen) atoms. The summed E-state index contributed by atoms with van der Waals surface area (Å²) in [6.07, 6.45) is 1.77.